The second-order valence-electron chi connectivity index (χ2n) is 7.37. The average molecular weight is 347 g/mol. The molecule has 25 heavy (non-hydrogen) atoms. The highest BCUT2D eigenvalue weighted by Gasteiger charge is 2.32. The number of carbonyl (C=O) groups excluding carboxylic acids is 2. The van der Waals surface area contributed by atoms with Crippen molar-refractivity contribution in [1.82, 2.24) is 25.3 Å². The van der Waals surface area contributed by atoms with E-state index in [4.69, 9.17) is 0 Å². The van der Waals surface area contributed by atoms with Gasteiger partial charge in [0.2, 0.25) is 5.91 Å². The second kappa shape index (κ2) is 7.45. The molecule has 0 saturated carbocycles. The van der Waals surface area contributed by atoms with E-state index in [0.29, 0.717) is 13.0 Å². The first-order valence-corrected chi connectivity index (χ1v) is 9.30. The largest absolute Gasteiger partial charge is 0.344 e. The lowest BCUT2D eigenvalue weighted by molar-refractivity contribution is -0.132. The van der Waals surface area contributed by atoms with Crippen molar-refractivity contribution in [1.29, 1.82) is 0 Å². The molecule has 2 fully saturated rings. The molecule has 2 saturated heterocycles. The molecule has 1 aromatic heterocycles. The molecule has 0 aromatic carbocycles. The molecule has 2 atom stereocenters. The molecular weight excluding hydrogens is 318 g/mol. The molecular formula is C18H29N5O2. The average Bonchev–Trinajstić information content (AvgIpc) is 2.77. The van der Waals surface area contributed by atoms with Crippen LogP contribution < -0.4 is 5.32 Å². The first-order valence-electron chi connectivity index (χ1n) is 9.30. The van der Waals surface area contributed by atoms with Crippen LogP contribution in [0.25, 0.3) is 0 Å². The van der Waals surface area contributed by atoms with Crippen LogP contribution in [-0.4, -0.2) is 58.1 Å². The summed E-state index contributed by atoms with van der Waals surface area (Å²) >= 11 is 0. The van der Waals surface area contributed by atoms with Crippen molar-refractivity contribution < 1.29 is 9.59 Å². The highest BCUT2D eigenvalue weighted by atomic mass is 16.2. The maximum Gasteiger partial charge on any atom is 0.318 e. The van der Waals surface area contributed by atoms with Gasteiger partial charge in [-0.2, -0.15) is 5.10 Å². The minimum Gasteiger partial charge on any atom is -0.344 e. The van der Waals surface area contributed by atoms with Crippen molar-refractivity contribution in [3.05, 3.63) is 17.0 Å². The number of nitrogens with one attached hydrogen (secondary N) is 2. The standard InChI is InChI=1S/C18H29N5O2/c1-12-17(13(2)21-20-12)15-7-5-4-6-10-23(15)18(25)19-14-8-9-16(24)22(3)11-14/h14-15H,4-11H2,1-3H3,(H,19,25)(H,20,21)/t14-,15-/m0/s1. The van der Waals surface area contributed by atoms with Crippen molar-refractivity contribution in [3.63, 3.8) is 0 Å². The van der Waals surface area contributed by atoms with E-state index >= 15 is 0 Å². The number of aromatic amines is 1. The van der Waals surface area contributed by atoms with E-state index in [1.165, 1.54) is 0 Å². The fourth-order valence-corrected chi connectivity index (χ4v) is 4.09. The Morgan fingerprint density at radius 3 is 2.72 bits per heavy atom. The molecule has 2 aliphatic rings. The summed E-state index contributed by atoms with van der Waals surface area (Å²) in [4.78, 5) is 28.4. The summed E-state index contributed by atoms with van der Waals surface area (Å²) in [6.45, 7) is 5.38. The van der Waals surface area contributed by atoms with Gasteiger partial charge < -0.3 is 15.1 Å². The zero-order chi connectivity index (χ0) is 18.0. The molecule has 0 spiro atoms. The number of nitrogens with zero attached hydrogens (tertiary/aromatic N) is 3. The Balaban J connectivity index is 1.75. The number of rotatable bonds is 2. The van der Waals surface area contributed by atoms with E-state index in [0.717, 1.165) is 55.6 Å². The first kappa shape index (κ1) is 17.8. The monoisotopic (exact) mass is 347 g/mol. The third kappa shape index (κ3) is 3.80. The molecule has 1 aromatic rings. The van der Waals surface area contributed by atoms with Gasteiger partial charge in [0.15, 0.2) is 0 Å². The van der Waals surface area contributed by atoms with Crippen LogP contribution in [0.2, 0.25) is 0 Å². The normalized spacial score (nSPS) is 25.0. The quantitative estimate of drug-likeness (QED) is 0.861. The zero-order valence-corrected chi connectivity index (χ0v) is 15.5. The van der Waals surface area contributed by atoms with Gasteiger partial charge in [0.25, 0.3) is 0 Å². The number of carbonyl (C=O) groups is 2. The van der Waals surface area contributed by atoms with Gasteiger partial charge in [-0.3, -0.25) is 9.89 Å². The highest BCUT2D eigenvalue weighted by Crippen LogP contribution is 2.33. The van der Waals surface area contributed by atoms with Gasteiger partial charge in [0.05, 0.1) is 11.7 Å². The SMILES string of the molecule is Cc1n[nH]c(C)c1[C@@H]1CCCCCN1C(=O)N[C@H]1CCC(=O)N(C)C1. The Labute approximate surface area is 149 Å². The summed E-state index contributed by atoms with van der Waals surface area (Å²) in [6, 6.07) is 0.0921. The van der Waals surface area contributed by atoms with Gasteiger partial charge in [-0.1, -0.05) is 12.8 Å². The first-order chi connectivity index (χ1) is 12.0. The molecule has 3 heterocycles. The molecule has 7 heteroatoms. The summed E-state index contributed by atoms with van der Waals surface area (Å²) in [5, 5.41) is 10.5. The molecule has 0 radical (unpaired) electrons. The smallest absolute Gasteiger partial charge is 0.318 e. The Kier molecular flexibility index (Phi) is 5.30. The van der Waals surface area contributed by atoms with E-state index < -0.39 is 0 Å². The fraction of sp³-hybridized carbons (Fsp3) is 0.722. The number of urea groups is 1. The number of aryl methyl sites for hydroxylation is 2. The van der Waals surface area contributed by atoms with Crippen molar-refractivity contribution in [2.45, 2.75) is 64.5 Å². The molecule has 2 N–H and O–H groups in total. The zero-order valence-electron chi connectivity index (χ0n) is 15.5. The van der Waals surface area contributed by atoms with Gasteiger partial charge in [-0.15, -0.1) is 0 Å². The molecule has 3 rings (SSSR count). The fourth-order valence-electron chi connectivity index (χ4n) is 4.09. The number of likely N-dealkylation sites (N-methyl/N-ethyl adjacent to an activating group) is 1. The predicted octanol–water partition coefficient (Wildman–Crippen LogP) is 2.27. The molecule has 138 valence electrons. The topological polar surface area (TPSA) is 81.3 Å². The van der Waals surface area contributed by atoms with Crippen LogP contribution >= 0.6 is 0 Å². The Morgan fingerprint density at radius 2 is 2.04 bits per heavy atom. The molecule has 7 nitrogen and oxygen atoms in total. The lowest BCUT2D eigenvalue weighted by Crippen LogP contribution is -2.52. The van der Waals surface area contributed by atoms with Gasteiger partial charge in [0.1, 0.15) is 0 Å². The molecule has 0 aliphatic carbocycles. The summed E-state index contributed by atoms with van der Waals surface area (Å²) in [5.41, 5.74) is 3.18. The summed E-state index contributed by atoms with van der Waals surface area (Å²) in [7, 11) is 1.80. The third-order valence-electron chi connectivity index (χ3n) is 5.49. The summed E-state index contributed by atoms with van der Waals surface area (Å²) in [5.74, 6) is 0.155. The third-order valence-corrected chi connectivity index (χ3v) is 5.49. The lowest BCUT2D eigenvalue weighted by atomic mass is 9.99. The molecule has 2 aliphatic heterocycles. The molecule has 0 unspecified atom stereocenters. The second-order valence-corrected chi connectivity index (χ2v) is 7.37. The van der Waals surface area contributed by atoms with Crippen LogP contribution in [0.4, 0.5) is 4.79 Å². The number of H-pyrrole nitrogens is 1. The van der Waals surface area contributed by atoms with E-state index in [1.807, 2.05) is 18.7 Å². The minimum atomic E-state index is -0.0142. The van der Waals surface area contributed by atoms with Crippen LogP contribution in [-0.2, 0) is 4.79 Å². The number of piperidine rings is 1. The Bertz CT molecular complexity index is 622. The van der Waals surface area contributed by atoms with Crippen molar-refractivity contribution in [2.75, 3.05) is 20.1 Å². The maximum atomic E-state index is 13.0. The Morgan fingerprint density at radius 1 is 1.24 bits per heavy atom. The summed E-state index contributed by atoms with van der Waals surface area (Å²) in [6.07, 6.45) is 5.50. The van der Waals surface area contributed by atoms with E-state index in [9.17, 15) is 9.59 Å². The predicted molar refractivity (Wildman–Crippen MR) is 95.2 cm³/mol. The van der Waals surface area contributed by atoms with E-state index in [1.54, 1.807) is 11.9 Å². The van der Waals surface area contributed by atoms with Crippen molar-refractivity contribution in [3.8, 4) is 0 Å². The number of aromatic nitrogens is 2. The van der Waals surface area contributed by atoms with E-state index in [-0.39, 0.29) is 24.0 Å². The van der Waals surface area contributed by atoms with Crippen molar-refractivity contribution >= 4 is 11.9 Å². The molecule has 0 bridgehead atoms. The van der Waals surface area contributed by atoms with Gasteiger partial charge in [-0.25, -0.2) is 4.79 Å². The van der Waals surface area contributed by atoms with Crippen molar-refractivity contribution in [2.24, 2.45) is 0 Å². The summed E-state index contributed by atoms with van der Waals surface area (Å²) < 4.78 is 0. The number of hydrogen-bond donors (Lipinski definition) is 2. The van der Waals surface area contributed by atoms with Gasteiger partial charge >= 0.3 is 6.03 Å². The lowest BCUT2D eigenvalue weighted by Gasteiger charge is -2.35. The van der Waals surface area contributed by atoms with Crippen LogP contribution in [0.15, 0.2) is 0 Å². The number of hydrogen-bond acceptors (Lipinski definition) is 3. The highest BCUT2D eigenvalue weighted by molar-refractivity contribution is 5.78. The van der Waals surface area contributed by atoms with Crippen LogP contribution in [0.1, 0.15) is 61.5 Å². The van der Waals surface area contributed by atoms with Gasteiger partial charge in [-0.05, 0) is 33.1 Å². The number of likely N-dealkylation sites (tertiary alicyclic amines) is 2. The van der Waals surface area contributed by atoms with Crippen LogP contribution in [0, 0.1) is 13.8 Å². The Hall–Kier alpha value is -2.05. The van der Waals surface area contributed by atoms with Crippen LogP contribution in [0.3, 0.4) is 0 Å². The number of amides is 3. The maximum absolute atomic E-state index is 13.0. The minimum absolute atomic E-state index is 0.0142. The van der Waals surface area contributed by atoms with Crippen LogP contribution in [0.5, 0.6) is 0 Å². The van der Waals surface area contributed by atoms with E-state index in [2.05, 4.69) is 15.5 Å². The molecule has 3 amide bonds. The van der Waals surface area contributed by atoms with Gasteiger partial charge in [0, 0.05) is 43.9 Å².